The van der Waals surface area contributed by atoms with E-state index in [1.807, 2.05) is 30.3 Å². The largest absolute Gasteiger partial charge is 0.460 e. The van der Waals surface area contributed by atoms with Crippen molar-refractivity contribution in [2.24, 2.45) is 0 Å². The van der Waals surface area contributed by atoms with E-state index in [9.17, 15) is 14.7 Å². The second kappa shape index (κ2) is 6.42. The van der Waals surface area contributed by atoms with Gasteiger partial charge in [-0.15, -0.1) is 0 Å². The van der Waals surface area contributed by atoms with E-state index in [1.54, 1.807) is 18.2 Å². The highest BCUT2D eigenvalue weighted by molar-refractivity contribution is 5.91. The SMILES string of the molecule is CC(=O)Nc1ccc2c(=O)c3c(oc2c1)C(C(O)c1ccccc1)CC3. The average molecular weight is 349 g/mol. The molecule has 3 aromatic rings. The Morgan fingerprint density at radius 3 is 2.73 bits per heavy atom. The molecule has 1 aliphatic carbocycles. The minimum Gasteiger partial charge on any atom is -0.460 e. The maximum atomic E-state index is 12.8. The molecule has 0 saturated heterocycles. The molecule has 0 radical (unpaired) electrons. The average Bonchev–Trinajstić information content (AvgIpc) is 3.05. The molecule has 2 atom stereocenters. The highest BCUT2D eigenvalue weighted by Gasteiger charge is 2.34. The molecule has 5 nitrogen and oxygen atoms in total. The fraction of sp³-hybridized carbons (Fsp3) is 0.238. The molecule has 132 valence electrons. The first-order valence-electron chi connectivity index (χ1n) is 8.65. The zero-order chi connectivity index (χ0) is 18.3. The fourth-order valence-electron chi connectivity index (χ4n) is 3.68. The number of hydrogen-bond acceptors (Lipinski definition) is 4. The molecule has 2 N–H and O–H groups in total. The Balaban J connectivity index is 1.80. The third kappa shape index (κ3) is 2.80. The number of aliphatic hydroxyl groups is 1. The first-order valence-corrected chi connectivity index (χ1v) is 8.65. The lowest BCUT2D eigenvalue weighted by Crippen LogP contribution is -2.12. The van der Waals surface area contributed by atoms with E-state index in [4.69, 9.17) is 4.42 Å². The van der Waals surface area contributed by atoms with Gasteiger partial charge in [-0.2, -0.15) is 0 Å². The highest BCUT2D eigenvalue weighted by atomic mass is 16.3. The Morgan fingerprint density at radius 2 is 2.00 bits per heavy atom. The molecule has 0 bridgehead atoms. The molecule has 1 amide bonds. The van der Waals surface area contributed by atoms with Crippen LogP contribution >= 0.6 is 0 Å². The lowest BCUT2D eigenvalue weighted by molar-refractivity contribution is -0.114. The number of amides is 1. The lowest BCUT2D eigenvalue weighted by atomic mass is 9.94. The molecule has 4 rings (SSSR count). The molecule has 1 heterocycles. The summed E-state index contributed by atoms with van der Waals surface area (Å²) < 4.78 is 6.05. The van der Waals surface area contributed by atoms with E-state index in [1.165, 1.54) is 6.92 Å². The highest BCUT2D eigenvalue weighted by Crippen LogP contribution is 2.41. The van der Waals surface area contributed by atoms with Crippen molar-refractivity contribution in [3.8, 4) is 0 Å². The zero-order valence-corrected chi connectivity index (χ0v) is 14.4. The monoisotopic (exact) mass is 349 g/mol. The first kappa shape index (κ1) is 16.5. The maximum absolute atomic E-state index is 12.8. The third-order valence-corrected chi connectivity index (χ3v) is 4.90. The summed E-state index contributed by atoms with van der Waals surface area (Å²) in [6.45, 7) is 1.43. The Kier molecular flexibility index (Phi) is 4.09. The van der Waals surface area contributed by atoms with Gasteiger partial charge in [-0.3, -0.25) is 9.59 Å². The number of fused-ring (bicyclic) bond motifs is 2. The van der Waals surface area contributed by atoms with Gasteiger partial charge in [0.1, 0.15) is 11.3 Å². The predicted octanol–water partition coefficient (Wildman–Crippen LogP) is 3.51. The van der Waals surface area contributed by atoms with Crippen LogP contribution in [-0.2, 0) is 11.2 Å². The molecule has 0 saturated carbocycles. The van der Waals surface area contributed by atoms with E-state index >= 15 is 0 Å². The van der Waals surface area contributed by atoms with Gasteiger partial charge in [0.2, 0.25) is 5.91 Å². The standard InChI is InChI=1S/C21H19NO4/c1-12(23)22-14-7-8-15-18(11-14)26-21-16(9-10-17(21)20(15)25)19(24)13-5-3-2-4-6-13/h2-8,11,16,19,24H,9-10H2,1H3,(H,22,23). The minimum atomic E-state index is -0.725. The van der Waals surface area contributed by atoms with Gasteiger partial charge in [-0.25, -0.2) is 0 Å². The van der Waals surface area contributed by atoms with Gasteiger partial charge < -0.3 is 14.8 Å². The second-order valence-electron chi connectivity index (χ2n) is 6.67. The van der Waals surface area contributed by atoms with E-state index < -0.39 is 6.10 Å². The van der Waals surface area contributed by atoms with Gasteiger partial charge in [0.15, 0.2) is 5.43 Å². The molecule has 0 spiro atoms. The van der Waals surface area contributed by atoms with Crippen molar-refractivity contribution >= 4 is 22.6 Å². The number of nitrogens with one attached hydrogen (secondary N) is 1. The molecule has 2 aromatic carbocycles. The normalized spacial score (nSPS) is 17.1. The van der Waals surface area contributed by atoms with Crippen LogP contribution < -0.4 is 10.7 Å². The molecular formula is C21H19NO4. The van der Waals surface area contributed by atoms with Crippen LogP contribution in [0, 0.1) is 0 Å². The van der Waals surface area contributed by atoms with Gasteiger partial charge in [0.25, 0.3) is 0 Å². The Morgan fingerprint density at radius 1 is 1.23 bits per heavy atom. The van der Waals surface area contributed by atoms with Crippen molar-refractivity contribution in [3.63, 3.8) is 0 Å². The van der Waals surface area contributed by atoms with E-state index in [0.29, 0.717) is 40.8 Å². The molecule has 26 heavy (non-hydrogen) atoms. The summed E-state index contributed by atoms with van der Waals surface area (Å²) in [5.74, 6) is 0.109. The topological polar surface area (TPSA) is 79.5 Å². The quantitative estimate of drug-likeness (QED) is 0.758. The minimum absolute atomic E-state index is 0.0570. The summed E-state index contributed by atoms with van der Waals surface area (Å²) in [5.41, 5.74) is 2.39. The van der Waals surface area contributed by atoms with Crippen LogP contribution in [0.4, 0.5) is 5.69 Å². The summed E-state index contributed by atoms with van der Waals surface area (Å²) in [6.07, 6.45) is 0.533. The Bertz CT molecular complexity index is 1040. The van der Waals surface area contributed by atoms with Crippen LogP contribution in [0.15, 0.2) is 57.7 Å². The number of carbonyl (C=O) groups excluding carboxylic acids is 1. The van der Waals surface area contributed by atoms with Crippen molar-refractivity contribution < 1.29 is 14.3 Å². The van der Waals surface area contributed by atoms with E-state index in [0.717, 1.165) is 5.56 Å². The van der Waals surface area contributed by atoms with E-state index in [-0.39, 0.29) is 17.3 Å². The van der Waals surface area contributed by atoms with Crippen LogP contribution in [0.2, 0.25) is 0 Å². The van der Waals surface area contributed by atoms with Crippen molar-refractivity contribution in [3.05, 3.63) is 75.6 Å². The summed E-state index contributed by atoms with van der Waals surface area (Å²) in [7, 11) is 0. The van der Waals surface area contributed by atoms with Crippen LogP contribution in [0.3, 0.4) is 0 Å². The molecule has 0 fully saturated rings. The number of carbonyl (C=O) groups is 1. The summed E-state index contributed by atoms with van der Waals surface area (Å²) in [6, 6.07) is 14.4. The molecule has 5 heteroatoms. The van der Waals surface area contributed by atoms with Crippen molar-refractivity contribution in [2.45, 2.75) is 31.8 Å². The number of rotatable bonds is 3. The number of aliphatic hydroxyl groups excluding tert-OH is 1. The van der Waals surface area contributed by atoms with Gasteiger partial charge in [0, 0.05) is 30.2 Å². The lowest BCUT2D eigenvalue weighted by Gasteiger charge is -2.18. The Labute approximate surface area is 150 Å². The van der Waals surface area contributed by atoms with Crippen molar-refractivity contribution in [1.82, 2.24) is 0 Å². The molecule has 0 aliphatic heterocycles. The molecular weight excluding hydrogens is 330 g/mol. The molecule has 1 aliphatic rings. The van der Waals surface area contributed by atoms with Gasteiger partial charge in [0.05, 0.1) is 11.5 Å². The summed E-state index contributed by atoms with van der Waals surface area (Å²) >= 11 is 0. The van der Waals surface area contributed by atoms with Crippen LogP contribution in [0.5, 0.6) is 0 Å². The predicted molar refractivity (Wildman–Crippen MR) is 99.3 cm³/mol. The van der Waals surface area contributed by atoms with Crippen LogP contribution in [0.25, 0.3) is 11.0 Å². The summed E-state index contributed by atoms with van der Waals surface area (Å²) in [5, 5.41) is 14.0. The van der Waals surface area contributed by atoms with E-state index in [2.05, 4.69) is 5.32 Å². The van der Waals surface area contributed by atoms with Crippen LogP contribution in [0.1, 0.15) is 42.3 Å². The van der Waals surface area contributed by atoms with Gasteiger partial charge in [-0.1, -0.05) is 30.3 Å². The molecule has 2 unspecified atom stereocenters. The second-order valence-corrected chi connectivity index (χ2v) is 6.67. The third-order valence-electron chi connectivity index (χ3n) is 4.90. The molecule has 1 aromatic heterocycles. The smallest absolute Gasteiger partial charge is 0.221 e. The number of benzene rings is 2. The van der Waals surface area contributed by atoms with Crippen molar-refractivity contribution in [2.75, 3.05) is 5.32 Å². The fourth-order valence-corrected chi connectivity index (χ4v) is 3.68. The van der Waals surface area contributed by atoms with Gasteiger partial charge in [-0.05, 0) is 30.5 Å². The van der Waals surface area contributed by atoms with Crippen LogP contribution in [-0.4, -0.2) is 11.0 Å². The summed E-state index contributed by atoms with van der Waals surface area (Å²) in [4.78, 5) is 24.1. The van der Waals surface area contributed by atoms with Crippen molar-refractivity contribution in [1.29, 1.82) is 0 Å². The number of anilines is 1. The zero-order valence-electron chi connectivity index (χ0n) is 14.4. The van der Waals surface area contributed by atoms with Gasteiger partial charge >= 0.3 is 0 Å². The number of hydrogen-bond donors (Lipinski definition) is 2. The maximum Gasteiger partial charge on any atom is 0.221 e. The first-order chi connectivity index (χ1) is 12.5. The Hall–Kier alpha value is -2.92.